The first-order valence-electron chi connectivity index (χ1n) is 12.2. The van der Waals surface area contributed by atoms with E-state index in [4.69, 9.17) is 0 Å². The van der Waals surface area contributed by atoms with Crippen molar-refractivity contribution in [2.45, 2.75) is 69.4 Å². The Morgan fingerprint density at radius 3 is 2.24 bits per heavy atom. The van der Waals surface area contributed by atoms with E-state index in [9.17, 15) is 23.1 Å². The molecule has 182 valence electrons. The quantitative estimate of drug-likeness (QED) is 0.701. The van der Waals surface area contributed by atoms with Crippen LogP contribution in [0.2, 0.25) is 0 Å². The van der Waals surface area contributed by atoms with Gasteiger partial charge >= 0.3 is 6.18 Å². The van der Waals surface area contributed by atoms with Gasteiger partial charge in [-0.15, -0.1) is 0 Å². The van der Waals surface area contributed by atoms with Crippen LogP contribution < -0.4 is 5.32 Å². The first-order valence-corrected chi connectivity index (χ1v) is 12.2. The number of carbonyl (C=O) groups excluding carboxylic acids is 1. The summed E-state index contributed by atoms with van der Waals surface area (Å²) in [6.45, 7) is 5.65. The Balaban J connectivity index is 1.10. The summed E-state index contributed by atoms with van der Waals surface area (Å²) in [7, 11) is 0. The third-order valence-electron chi connectivity index (χ3n) is 8.57. The SMILES string of the molecule is CC(C(=O)NC1C2CC3CC1CC(O)(C3)C2)N1CCN(Cc2ccc(C(F)(F)F)cc2)CC1. The second kappa shape index (κ2) is 8.54. The summed E-state index contributed by atoms with van der Waals surface area (Å²) in [4.78, 5) is 17.5. The number of amides is 1. The fourth-order valence-electron chi connectivity index (χ4n) is 7.03. The normalized spacial score (nSPS) is 35.5. The van der Waals surface area contributed by atoms with Gasteiger partial charge in [0.25, 0.3) is 0 Å². The zero-order valence-electron chi connectivity index (χ0n) is 19.2. The van der Waals surface area contributed by atoms with Crippen LogP contribution in [0.15, 0.2) is 24.3 Å². The molecule has 0 aromatic heterocycles. The van der Waals surface area contributed by atoms with E-state index in [2.05, 4.69) is 15.1 Å². The molecule has 4 aliphatic carbocycles. The van der Waals surface area contributed by atoms with Gasteiger partial charge in [-0.2, -0.15) is 13.2 Å². The van der Waals surface area contributed by atoms with Gasteiger partial charge in [0.1, 0.15) is 0 Å². The van der Waals surface area contributed by atoms with E-state index in [0.29, 0.717) is 24.3 Å². The topological polar surface area (TPSA) is 55.8 Å². The van der Waals surface area contributed by atoms with Crippen LogP contribution in [0, 0.1) is 17.8 Å². The van der Waals surface area contributed by atoms with Crippen LogP contribution in [0.1, 0.15) is 50.2 Å². The number of hydrogen-bond donors (Lipinski definition) is 2. The molecule has 1 saturated heterocycles. The number of nitrogens with zero attached hydrogens (tertiary/aromatic N) is 2. The van der Waals surface area contributed by atoms with Crippen molar-refractivity contribution in [3.05, 3.63) is 35.4 Å². The minimum Gasteiger partial charge on any atom is -0.390 e. The average Bonchev–Trinajstić information content (AvgIpc) is 2.75. The lowest BCUT2D eigenvalue weighted by atomic mass is 9.52. The number of rotatable bonds is 5. The Morgan fingerprint density at radius 1 is 1.09 bits per heavy atom. The highest BCUT2D eigenvalue weighted by Crippen LogP contribution is 2.55. The van der Waals surface area contributed by atoms with Gasteiger partial charge in [0.2, 0.25) is 5.91 Å². The van der Waals surface area contributed by atoms with Crippen LogP contribution in [0.25, 0.3) is 0 Å². The Labute approximate surface area is 193 Å². The molecule has 3 atom stereocenters. The number of nitrogens with one attached hydrogen (secondary N) is 1. The molecule has 1 aromatic rings. The van der Waals surface area contributed by atoms with Crippen molar-refractivity contribution in [2.24, 2.45) is 17.8 Å². The lowest BCUT2D eigenvalue weighted by molar-refractivity contribution is -0.148. The van der Waals surface area contributed by atoms with E-state index in [1.54, 1.807) is 12.1 Å². The highest BCUT2D eigenvalue weighted by atomic mass is 19.4. The summed E-state index contributed by atoms with van der Waals surface area (Å²) in [6, 6.07) is 5.36. The summed E-state index contributed by atoms with van der Waals surface area (Å²) in [5.41, 5.74) is -0.248. The predicted molar refractivity (Wildman–Crippen MR) is 118 cm³/mol. The molecule has 0 radical (unpaired) electrons. The summed E-state index contributed by atoms with van der Waals surface area (Å²) in [6.07, 6.45) is 0.524. The van der Waals surface area contributed by atoms with E-state index in [-0.39, 0.29) is 18.0 Å². The molecule has 1 aromatic carbocycles. The summed E-state index contributed by atoms with van der Waals surface area (Å²) in [5.74, 6) is 1.50. The van der Waals surface area contributed by atoms with Gasteiger partial charge in [-0.3, -0.25) is 14.6 Å². The first-order chi connectivity index (χ1) is 15.6. The van der Waals surface area contributed by atoms with E-state index < -0.39 is 17.3 Å². The van der Waals surface area contributed by atoms with E-state index >= 15 is 0 Å². The van der Waals surface area contributed by atoms with Gasteiger partial charge in [0.15, 0.2) is 0 Å². The lowest BCUT2D eigenvalue weighted by Gasteiger charge is -2.58. The van der Waals surface area contributed by atoms with E-state index in [1.807, 2.05) is 6.92 Å². The number of aliphatic hydroxyl groups is 1. The van der Waals surface area contributed by atoms with Crippen molar-refractivity contribution < 1.29 is 23.1 Å². The number of benzene rings is 1. The largest absolute Gasteiger partial charge is 0.416 e. The standard InChI is InChI=1S/C25H34F3N3O2/c1-16(23(32)29-22-19-10-18-11-20(22)14-24(33,12-18)13-19)31-8-6-30(7-9-31)15-17-2-4-21(5-3-17)25(26,27)28/h2-5,16,18-20,22,33H,6-15H2,1H3,(H,29,32). The minimum absolute atomic E-state index is 0.0793. The molecular formula is C25H34F3N3O2. The molecule has 5 aliphatic rings. The molecular weight excluding hydrogens is 431 g/mol. The number of halogens is 3. The summed E-state index contributed by atoms with van der Waals surface area (Å²) in [5, 5.41) is 14.1. The molecule has 4 saturated carbocycles. The molecule has 33 heavy (non-hydrogen) atoms. The zero-order valence-corrected chi connectivity index (χ0v) is 19.2. The molecule has 1 amide bonds. The first kappa shape index (κ1) is 23.1. The molecule has 2 N–H and O–H groups in total. The monoisotopic (exact) mass is 465 g/mol. The number of alkyl halides is 3. The number of carbonyl (C=O) groups is 1. The van der Waals surface area contributed by atoms with Crippen LogP contribution >= 0.6 is 0 Å². The Morgan fingerprint density at radius 2 is 1.70 bits per heavy atom. The minimum atomic E-state index is -4.31. The highest BCUT2D eigenvalue weighted by molar-refractivity contribution is 5.81. The third-order valence-corrected chi connectivity index (χ3v) is 8.57. The summed E-state index contributed by atoms with van der Waals surface area (Å²) >= 11 is 0. The van der Waals surface area contributed by atoms with E-state index in [0.717, 1.165) is 76.0 Å². The Hall–Kier alpha value is -1.64. The van der Waals surface area contributed by atoms with Crippen molar-refractivity contribution in [3.63, 3.8) is 0 Å². The van der Waals surface area contributed by atoms with Crippen molar-refractivity contribution >= 4 is 5.91 Å². The molecule has 1 heterocycles. The summed E-state index contributed by atoms with van der Waals surface area (Å²) < 4.78 is 38.3. The van der Waals surface area contributed by atoms with Crippen molar-refractivity contribution in [1.29, 1.82) is 0 Å². The third kappa shape index (κ3) is 4.80. The van der Waals surface area contributed by atoms with Gasteiger partial charge in [0.05, 0.1) is 17.2 Å². The van der Waals surface area contributed by atoms with Gasteiger partial charge in [0, 0.05) is 38.8 Å². The van der Waals surface area contributed by atoms with Crippen molar-refractivity contribution in [2.75, 3.05) is 26.2 Å². The van der Waals surface area contributed by atoms with Crippen molar-refractivity contribution in [3.8, 4) is 0 Å². The number of piperazine rings is 1. The van der Waals surface area contributed by atoms with Gasteiger partial charge in [-0.1, -0.05) is 12.1 Å². The lowest BCUT2D eigenvalue weighted by Crippen LogP contribution is -2.63. The maximum atomic E-state index is 13.1. The predicted octanol–water partition coefficient (Wildman–Crippen LogP) is 3.27. The molecule has 4 bridgehead atoms. The van der Waals surface area contributed by atoms with Gasteiger partial charge in [-0.25, -0.2) is 0 Å². The molecule has 5 nitrogen and oxygen atoms in total. The molecule has 6 rings (SSSR count). The maximum Gasteiger partial charge on any atom is 0.416 e. The smallest absolute Gasteiger partial charge is 0.390 e. The fraction of sp³-hybridized carbons (Fsp3) is 0.720. The number of hydrogen-bond acceptors (Lipinski definition) is 4. The van der Waals surface area contributed by atoms with Crippen molar-refractivity contribution in [1.82, 2.24) is 15.1 Å². The molecule has 3 unspecified atom stereocenters. The highest BCUT2D eigenvalue weighted by Gasteiger charge is 2.55. The van der Waals surface area contributed by atoms with Crippen LogP contribution in [-0.4, -0.2) is 64.7 Å². The zero-order chi connectivity index (χ0) is 23.4. The fourth-order valence-corrected chi connectivity index (χ4v) is 7.03. The molecule has 5 fully saturated rings. The van der Waals surface area contributed by atoms with Gasteiger partial charge < -0.3 is 10.4 Å². The second-order valence-electron chi connectivity index (χ2n) is 10.9. The van der Waals surface area contributed by atoms with Crippen LogP contribution in [-0.2, 0) is 17.5 Å². The Bertz CT molecular complexity index is 851. The van der Waals surface area contributed by atoms with Crippen LogP contribution in [0.5, 0.6) is 0 Å². The van der Waals surface area contributed by atoms with E-state index in [1.165, 1.54) is 0 Å². The Kier molecular flexibility index (Phi) is 5.98. The second-order valence-corrected chi connectivity index (χ2v) is 10.9. The maximum absolute atomic E-state index is 13.1. The van der Waals surface area contributed by atoms with Crippen LogP contribution in [0.3, 0.4) is 0 Å². The average molecular weight is 466 g/mol. The molecule has 8 heteroatoms. The van der Waals surface area contributed by atoms with Crippen LogP contribution in [0.4, 0.5) is 13.2 Å². The van der Waals surface area contributed by atoms with Gasteiger partial charge in [-0.05, 0) is 74.5 Å². The molecule has 0 spiro atoms. The molecule has 1 aliphatic heterocycles.